The molecule has 0 radical (unpaired) electrons. The number of carbonyl (C=O) groups excluding carboxylic acids is 1. The van der Waals surface area contributed by atoms with E-state index < -0.39 is 0 Å². The molecule has 1 aromatic rings. The van der Waals surface area contributed by atoms with Crippen molar-refractivity contribution in [2.75, 3.05) is 19.6 Å². The zero-order valence-electron chi connectivity index (χ0n) is 12.4. The van der Waals surface area contributed by atoms with Crippen molar-refractivity contribution in [2.24, 2.45) is 0 Å². The van der Waals surface area contributed by atoms with E-state index in [1.54, 1.807) is 0 Å². The van der Waals surface area contributed by atoms with E-state index in [0.717, 1.165) is 38.0 Å². The molecule has 1 saturated heterocycles. The maximum absolute atomic E-state index is 12.1. The van der Waals surface area contributed by atoms with Crippen LogP contribution in [0, 0.1) is 0 Å². The van der Waals surface area contributed by atoms with Crippen LogP contribution in [0.1, 0.15) is 37.0 Å². The van der Waals surface area contributed by atoms with Crippen LogP contribution >= 0.6 is 0 Å². The first-order valence-electron chi connectivity index (χ1n) is 7.37. The number of piperidine rings is 1. The molecule has 108 valence electrons. The molecule has 0 spiro atoms. The summed E-state index contributed by atoms with van der Waals surface area (Å²) in [5.41, 5.74) is 2.11. The predicted octanol–water partition coefficient (Wildman–Crippen LogP) is 2.85. The summed E-state index contributed by atoms with van der Waals surface area (Å²) >= 11 is 0. The van der Waals surface area contributed by atoms with Crippen molar-refractivity contribution in [3.8, 4) is 0 Å². The van der Waals surface area contributed by atoms with Gasteiger partial charge in [-0.25, -0.2) is 0 Å². The third-order valence-corrected chi connectivity index (χ3v) is 3.72. The molecular formula is C17H24N2O. The lowest BCUT2D eigenvalue weighted by Gasteiger charge is -2.31. The highest BCUT2D eigenvalue weighted by atomic mass is 16.1. The first-order valence-corrected chi connectivity index (χ1v) is 7.37. The number of rotatable bonds is 4. The summed E-state index contributed by atoms with van der Waals surface area (Å²) in [4.78, 5) is 14.5. The fraction of sp³-hybridized carbons (Fsp3) is 0.471. The molecule has 0 unspecified atom stereocenters. The van der Waals surface area contributed by atoms with E-state index in [2.05, 4.69) is 30.1 Å². The number of amides is 1. The molecule has 0 saturated carbocycles. The van der Waals surface area contributed by atoms with E-state index >= 15 is 0 Å². The van der Waals surface area contributed by atoms with Crippen molar-refractivity contribution < 1.29 is 4.79 Å². The molecule has 0 bridgehead atoms. The SMILES string of the molecule is CC(C)=CCN1CCC(NC(=O)c2ccccc2)CC1. The van der Waals surface area contributed by atoms with Crippen LogP contribution in [-0.4, -0.2) is 36.5 Å². The minimum Gasteiger partial charge on any atom is -0.349 e. The van der Waals surface area contributed by atoms with Crippen molar-refractivity contribution in [1.82, 2.24) is 10.2 Å². The van der Waals surface area contributed by atoms with Crippen LogP contribution < -0.4 is 5.32 Å². The Morgan fingerprint density at radius 3 is 2.50 bits per heavy atom. The Kier molecular flexibility index (Phi) is 5.36. The fourth-order valence-corrected chi connectivity index (χ4v) is 2.43. The van der Waals surface area contributed by atoms with Crippen molar-refractivity contribution in [3.63, 3.8) is 0 Å². The number of carbonyl (C=O) groups is 1. The second-order valence-corrected chi connectivity index (χ2v) is 5.70. The fourth-order valence-electron chi connectivity index (χ4n) is 2.43. The van der Waals surface area contributed by atoms with Gasteiger partial charge in [-0.3, -0.25) is 9.69 Å². The van der Waals surface area contributed by atoms with Crippen LogP contribution in [0.15, 0.2) is 42.0 Å². The van der Waals surface area contributed by atoms with Crippen molar-refractivity contribution in [2.45, 2.75) is 32.7 Å². The average Bonchev–Trinajstić information content (AvgIpc) is 2.47. The standard InChI is InChI=1S/C17H24N2O/c1-14(2)8-11-19-12-9-16(10-13-19)18-17(20)15-6-4-3-5-7-15/h3-8,16H,9-13H2,1-2H3,(H,18,20). The van der Waals surface area contributed by atoms with Crippen molar-refractivity contribution >= 4 is 5.91 Å². The number of allylic oxidation sites excluding steroid dienone is 1. The van der Waals surface area contributed by atoms with Gasteiger partial charge in [0.05, 0.1) is 0 Å². The van der Waals surface area contributed by atoms with Gasteiger partial charge in [-0.1, -0.05) is 29.8 Å². The number of likely N-dealkylation sites (tertiary alicyclic amines) is 1. The minimum absolute atomic E-state index is 0.0494. The maximum Gasteiger partial charge on any atom is 0.251 e. The van der Waals surface area contributed by atoms with Gasteiger partial charge in [0.15, 0.2) is 0 Å². The third-order valence-electron chi connectivity index (χ3n) is 3.72. The summed E-state index contributed by atoms with van der Waals surface area (Å²) < 4.78 is 0. The molecule has 2 rings (SSSR count). The third kappa shape index (κ3) is 4.49. The monoisotopic (exact) mass is 272 g/mol. The molecule has 1 amide bonds. The molecule has 1 aromatic carbocycles. The van der Waals surface area contributed by atoms with Gasteiger partial charge in [0.2, 0.25) is 0 Å². The van der Waals surface area contributed by atoms with Crippen LogP contribution in [-0.2, 0) is 0 Å². The first-order chi connectivity index (χ1) is 9.65. The van der Waals surface area contributed by atoms with E-state index in [9.17, 15) is 4.79 Å². The Morgan fingerprint density at radius 1 is 1.25 bits per heavy atom. The number of nitrogens with zero attached hydrogens (tertiary/aromatic N) is 1. The van der Waals surface area contributed by atoms with Crippen LogP contribution in [0.25, 0.3) is 0 Å². The highest BCUT2D eigenvalue weighted by molar-refractivity contribution is 5.94. The topological polar surface area (TPSA) is 32.3 Å². The van der Waals surface area contributed by atoms with Crippen LogP contribution in [0.3, 0.4) is 0 Å². The Labute approximate surface area is 121 Å². The molecule has 0 aliphatic carbocycles. The van der Waals surface area contributed by atoms with Gasteiger partial charge < -0.3 is 5.32 Å². The van der Waals surface area contributed by atoms with E-state index in [1.807, 2.05) is 30.3 Å². The lowest BCUT2D eigenvalue weighted by Crippen LogP contribution is -2.44. The minimum atomic E-state index is 0.0494. The van der Waals surface area contributed by atoms with Gasteiger partial charge in [0, 0.05) is 31.2 Å². The van der Waals surface area contributed by atoms with E-state index in [0.29, 0.717) is 6.04 Å². The second-order valence-electron chi connectivity index (χ2n) is 5.70. The summed E-state index contributed by atoms with van der Waals surface area (Å²) in [5.74, 6) is 0.0494. The van der Waals surface area contributed by atoms with E-state index in [4.69, 9.17) is 0 Å². The zero-order valence-corrected chi connectivity index (χ0v) is 12.4. The van der Waals surface area contributed by atoms with Gasteiger partial charge in [-0.05, 0) is 38.8 Å². The summed E-state index contributed by atoms with van der Waals surface area (Å²) in [6.07, 6.45) is 4.34. The molecule has 1 aliphatic heterocycles. The molecule has 0 aromatic heterocycles. The Balaban J connectivity index is 1.77. The first kappa shape index (κ1) is 14.8. The zero-order chi connectivity index (χ0) is 14.4. The summed E-state index contributed by atoms with van der Waals surface area (Å²) in [5, 5.41) is 3.14. The predicted molar refractivity (Wildman–Crippen MR) is 82.8 cm³/mol. The van der Waals surface area contributed by atoms with Crippen LogP contribution in [0.4, 0.5) is 0 Å². The number of nitrogens with one attached hydrogen (secondary N) is 1. The summed E-state index contributed by atoms with van der Waals surface area (Å²) in [6, 6.07) is 9.76. The van der Waals surface area contributed by atoms with Gasteiger partial charge >= 0.3 is 0 Å². The van der Waals surface area contributed by atoms with E-state index in [1.165, 1.54) is 5.57 Å². The number of hydrogen-bond donors (Lipinski definition) is 1. The Hall–Kier alpha value is -1.61. The van der Waals surface area contributed by atoms with Gasteiger partial charge in [-0.15, -0.1) is 0 Å². The number of benzene rings is 1. The quantitative estimate of drug-likeness (QED) is 0.855. The molecule has 0 atom stereocenters. The average molecular weight is 272 g/mol. The van der Waals surface area contributed by atoms with Crippen molar-refractivity contribution in [3.05, 3.63) is 47.5 Å². The summed E-state index contributed by atoms with van der Waals surface area (Å²) in [6.45, 7) is 7.41. The molecule has 1 heterocycles. The molecule has 20 heavy (non-hydrogen) atoms. The lowest BCUT2D eigenvalue weighted by molar-refractivity contribution is 0.0914. The van der Waals surface area contributed by atoms with Crippen molar-refractivity contribution in [1.29, 1.82) is 0 Å². The normalized spacial score (nSPS) is 16.7. The maximum atomic E-state index is 12.1. The second kappa shape index (κ2) is 7.25. The smallest absolute Gasteiger partial charge is 0.251 e. The molecule has 1 N–H and O–H groups in total. The van der Waals surface area contributed by atoms with Gasteiger partial charge in [-0.2, -0.15) is 0 Å². The van der Waals surface area contributed by atoms with E-state index in [-0.39, 0.29) is 5.91 Å². The van der Waals surface area contributed by atoms with Gasteiger partial charge in [0.1, 0.15) is 0 Å². The van der Waals surface area contributed by atoms with Crippen LogP contribution in [0.2, 0.25) is 0 Å². The molecule has 3 nitrogen and oxygen atoms in total. The lowest BCUT2D eigenvalue weighted by atomic mass is 10.0. The summed E-state index contributed by atoms with van der Waals surface area (Å²) in [7, 11) is 0. The van der Waals surface area contributed by atoms with Gasteiger partial charge in [0.25, 0.3) is 5.91 Å². The Morgan fingerprint density at radius 2 is 1.90 bits per heavy atom. The van der Waals surface area contributed by atoms with Crippen LogP contribution in [0.5, 0.6) is 0 Å². The highest BCUT2D eigenvalue weighted by Crippen LogP contribution is 2.11. The molecular weight excluding hydrogens is 248 g/mol. The molecule has 3 heteroatoms. The largest absolute Gasteiger partial charge is 0.349 e. The molecule has 1 fully saturated rings. The number of hydrogen-bond acceptors (Lipinski definition) is 2. The highest BCUT2D eigenvalue weighted by Gasteiger charge is 2.20. The molecule has 1 aliphatic rings. The Bertz CT molecular complexity index is 455.